The number of allylic oxidation sites excluding steroid dienone is 2. The fourth-order valence-electron chi connectivity index (χ4n) is 3.89. The van der Waals surface area contributed by atoms with Crippen LogP contribution in [0.25, 0.3) is 0 Å². The second kappa shape index (κ2) is 6.31. The lowest BCUT2D eigenvalue weighted by molar-refractivity contribution is 0.317. The van der Waals surface area contributed by atoms with Crippen LogP contribution in [-0.2, 0) is 0 Å². The zero-order valence-electron chi connectivity index (χ0n) is 13.8. The van der Waals surface area contributed by atoms with Crippen LogP contribution in [0.4, 0.5) is 10.1 Å². The van der Waals surface area contributed by atoms with Crippen LogP contribution < -0.4 is 10.1 Å². The number of ether oxygens (including phenoxy) is 1. The van der Waals surface area contributed by atoms with Crippen LogP contribution in [-0.4, -0.2) is 6.61 Å². The Balaban J connectivity index is 1.63. The summed E-state index contributed by atoms with van der Waals surface area (Å²) >= 11 is 0. The normalized spacial score (nSPS) is 24.2. The van der Waals surface area contributed by atoms with E-state index < -0.39 is 0 Å². The van der Waals surface area contributed by atoms with Gasteiger partial charge in [-0.25, -0.2) is 4.39 Å². The Hall–Kier alpha value is -2.29. The first kappa shape index (κ1) is 15.3. The number of nitrogens with one attached hydrogen (secondary N) is 1. The molecular weight excluding hydrogens is 301 g/mol. The summed E-state index contributed by atoms with van der Waals surface area (Å²) < 4.78 is 19.3. The highest BCUT2D eigenvalue weighted by Crippen LogP contribution is 2.49. The fourth-order valence-corrected chi connectivity index (χ4v) is 3.89. The van der Waals surface area contributed by atoms with Gasteiger partial charge >= 0.3 is 0 Å². The summed E-state index contributed by atoms with van der Waals surface area (Å²) in [6, 6.07) is 13.7. The molecule has 0 bridgehead atoms. The van der Waals surface area contributed by atoms with Gasteiger partial charge in [0.05, 0.1) is 12.6 Å². The summed E-state index contributed by atoms with van der Waals surface area (Å²) in [5, 5.41) is 3.63. The van der Waals surface area contributed by atoms with E-state index >= 15 is 0 Å². The van der Waals surface area contributed by atoms with E-state index in [1.807, 2.05) is 18.2 Å². The van der Waals surface area contributed by atoms with Crippen LogP contribution >= 0.6 is 0 Å². The van der Waals surface area contributed by atoms with E-state index in [0.717, 1.165) is 36.4 Å². The van der Waals surface area contributed by atoms with E-state index in [4.69, 9.17) is 4.74 Å². The summed E-state index contributed by atoms with van der Waals surface area (Å²) in [4.78, 5) is 0. The number of hydrogen-bond acceptors (Lipinski definition) is 2. The second-order valence-electron chi connectivity index (χ2n) is 6.62. The molecule has 2 nitrogen and oxygen atoms in total. The minimum absolute atomic E-state index is 0.162. The molecule has 1 heterocycles. The Morgan fingerprint density at radius 2 is 2.00 bits per heavy atom. The molecular formula is C21H22FNO. The van der Waals surface area contributed by atoms with Gasteiger partial charge in [-0.3, -0.25) is 0 Å². The van der Waals surface area contributed by atoms with Gasteiger partial charge in [0, 0.05) is 11.6 Å². The van der Waals surface area contributed by atoms with Crippen molar-refractivity contribution in [3.05, 3.63) is 71.6 Å². The molecule has 1 aliphatic carbocycles. The van der Waals surface area contributed by atoms with Crippen LogP contribution in [0.15, 0.2) is 54.6 Å². The van der Waals surface area contributed by atoms with Crippen LogP contribution in [0.5, 0.6) is 5.75 Å². The van der Waals surface area contributed by atoms with Gasteiger partial charge in [-0.2, -0.15) is 0 Å². The average molecular weight is 323 g/mol. The van der Waals surface area contributed by atoms with Crippen molar-refractivity contribution < 1.29 is 9.13 Å². The third-order valence-corrected chi connectivity index (χ3v) is 5.04. The molecule has 0 saturated carbocycles. The molecule has 24 heavy (non-hydrogen) atoms. The summed E-state index contributed by atoms with van der Waals surface area (Å²) in [6.45, 7) is 2.85. The molecule has 2 aliphatic rings. The van der Waals surface area contributed by atoms with Gasteiger partial charge in [-0.15, -0.1) is 0 Å². The number of rotatable bonds is 4. The molecule has 4 rings (SSSR count). The standard InChI is InChI=1S/C21H22FNO/c1-2-12-24-16-9-6-14(7-10-16)21-18-5-3-4-17(18)19-13-15(22)8-11-20(19)23-21/h3-4,6-11,13,17-18,21,23H,2,5,12H2,1H3/t17-,18+,21+/m1/s1. The van der Waals surface area contributed by atoms with E-state index in [-0.39, 0.29) is 17.8 Å². The third-order valence-electron chi connectivity index (χ3n) is 5.04. The molecule has 0 unspecified atom stereocenters. The summed E-state index contributed by atoms with van der Waals surface area (Å²) in [5.41, 5.74) is 3.38. The van der Waals surface area contributed by atoms with Gasteiger partial charge in [0.1, 0.15) is 11.6 Å². The zero-order valence-corrected chi connectivity index (χ0v) is 13.8. The smallest absolute Gasteiger partial charge is 0.123 e. The lowest BCUT2D eigenvalue weighted by Gasteiger charge is -2.37. The maximum absolute atomic E-state index is 13.7. The minimum Gasteiger partial charge on any atom is -0.494 e. The molecule has 0 radical (unpaired) electrons. The number of anilines is 1. The number of hydrogen-bond donors (Lipinski definition) is 1. The molecule has 3 heteroatoms. The molecule has 3 atom stereocenters. The SMILES string of the molecule is CCCOc1ccc([C@@H]2Nc3ccc(F)cc3[C@@H]3C=CC[C@@H]32)cc1. The van der Waals surface area contributed by atoms with E-state index in [9.17, 15) is 4.39 Å². The van der Waals surface area contributed by atoms with Crippen molar-refractivity contribution in [1.29, 1.82) is 0 Å². The molecule has 2 aromatic carbocycles. The highest BCUT2D eigenvalue weighted by molar-refractivity contribution is 5.59. The molecule has 124 valence electrons. The summed E-state index contributed by atoms with van der Waals surface area (Å²) in [5.74, 6) is 1.48. The zero-order chi connectivity index (χ0) is 16.5. The quantitative estimate of drug-likeness (QED) is 0.756. The van der Waals surface area contributed by atoms with Gasteiger partial charge in [-0.1, -0.05) is 31.2 Å². The molecule has 2 aromatic rings. The van der Waals surface area contributed by atoms with Crippen molar-refractivity contribution in [2.75, 3.05) is 11.9 Å². The van der Waals surface area contributed by atoms with Crippen LogP contribution in [0, 0.1) is 11.7 Å². The van der Waals surface area contributed by atoms with Crippen LogP contribution in [0.2, 0.25) is 0 Å². The van der Waals surface area contributed by atoms with Gasteiger partial charge in [0.25, 0.3) is 0 Å². The number of benzene rings is 2. The summed E-state index contributed by atoms with van der Waals surface area (Å²) in [6.07, 6.45) is 6.49. The Bertz CT molecular complexity index is 753. The Morgan fingerprint density at radius 3 is 2.79 bits per heavy atom. The molecule has 0 amide bonds. The first-order valence-electron chi connectivity index (χ1n) is 8.71. The first-order chi connectivity index (χ1) is 11.8. The van der Waals surface area contributed by atoms with Crippen molar-refractivity contribution in [1.82, 2.24) is 0 Å². The second-order valence-corrected chi connectivity index (χ2v) is 6.62. The fraction of sp³-hybridized carbons (Fsp3) is 0.333. The van der Waals surface area contributed by atoms with Crippen molar-refractivity contribution >= 4 is 5.69 Å². The van der Waals surface area contributed by atoms with Crippen molar-refractivity contribution in [2.24, 2.45) is 5.92 Å². The van der Waals surface area contributed by atoms with Crippen molar-refractivity contribution in [3.8, 4) is 5.75 Å². The Morgan fingerprint density at radius 1 is 1.17 bits per heavy atom. The largest absolute Gasteiger partial charge is 0.494 e. The summed E-state index contributed by atoms with van der Waals surface area (Å²) in [7, 11) is 0. The van der Waals surface area contributed by atoms with Gasteiger partial charge in [0.2, 0.25) is 0 Å². The molecule has 0 fully saturated rings. The van der Waals surface area contributed by atoms with Crippen molar-refractivity contribution in [2.45, 2.75) is 31.7 Å². The predicted octanol–water partition coefficient (Wildman–Crippen LogP) is 5.44. The highest BCUT2D eigenvalue weighted by Gasteiger charge is 2.37. The van der Waals surface area contributed by atoms with E-state index in [2.05, 4.69) is 36.5 Å². The van der Waals surface area contributed by atoms with E-state index in [1.54, 1.807) is 6.07 Å². The predicted molar refractivity (Wildman–Crippen MR) is 95.0 cm³/mol. The lowest BCUT2D eigenvalue weighted by Crippen LogP contribution is -2.29. The lowest BCUT2D eigenvalue weighted by atomic mass is 9.77. The minimum atomic E-state index is -0.162. The third kappa shape index (κ3) is 2.68. The molecule has 0 aromatic heterocycles. The Kier molecular flexibility index (Phi) is 4.01. The van der Waals surface area contributed by atoms with Crippen LogP contribution in [0.3, 0.4) is 0 Å². The molecule has 1 aliphatic heterocycles. The van der Waals surface area contributed by atoms with Crippen molar-refractivity contribution in [3.63, 3.8) is 0 Å². The maximum atomic E-state index is 13.7. The van der Waals surface area contributed by atoms with Crippen LogP contribution in [0.1, 0.15) is 42.9 Å². The topological polar surface area (TPSA) is 21.3 Å². The molecule has 0 saturated heterocycles. The van der Waals surface area contributed by atoms with E-state index in [0.29, 0.717) is 5.92 Å². The van der Waals surface area contributed by atoms with E-state index in [1.165, 1.54) is 11.6 Å². The Labute approximate surface area is 142 Å². The number of fused-ring (bicyclic) bond motifs is 3. The van der Waals surface area contributed by atoms with Gasteiger partial charge < -0.3 is 10.1 Å². The molecule has 1 N–H and O–H groups in total. The first-order valence-corrected chi connectivity index (χ1v) is 8.71. The van der Waals surface area contributed by atoms with Gasteiger partial charge in [0.15, 0.2) is 0 Å². The van der Waals surface area contributed by atoms with Gasteiger partial charge in [-0.05, 0) is 60.2 Å². The maximum Gasteiger partial charge on any atom is 0.123 e. The number of halogens is 1. The average Bonchev–Trinajstić information content (AvgIpc) is 3.10. The molecule has 0 spiro atoms. The monoisotopic (exact) mass is 323 g/mol. The highest BCUT2D eigenvalue weighted by atomic mass is 19.1.